The number of benzene rings is 2. The third-order valence-electron chi connectivity index (χ3n) is 4.37. The van der Waals surface area contributed by atoms with Gasteiger partial charge in [-0.2, -0.15) is 4.31 Å². The predicted molar refractivity (Wildman–Crippen MR) is 95.3 cm³/mol. The molecule has 4 nitrogen and oxygen atoms in total. The lowest BCUT2D eigenvalue weighted by Gasteiger charge is -2.24. The lowest BCUT2D eigenvalue weighted by atomic mass is 10.1. The minimum absolute atomic E-state index is 0.00334. The van der Waals surface area contributed by atoms with E-state index >= 15 is 0 Å². The molecule has 1 aliphatic heterocycles. The number of rotatable bonds is 6. The number of likely N-dealkylation sites (N-methyl/N-ethyl adjacent to an activating group) is 1. The third kappa shape index (κ3) is 3.53. The molecule has 2 aromatic carbocycles. The molecule has 0 bridgehead atoms. The predicted octanol–water partition coefficient (Wildman–Crippen LogP) is 3.54. The van der Waals surface area contributed by atoms with Crippen molar-refractivity contribution in [1.82, 2.24) is 4.31 Å². The molecule has 0 aliphatic carbocycles. The van der Waals surface area contributed by atoms with Crippen molar-refractivity contribution in [1.29, 1.82) is 0 Å². The van der Waals surface area contributed by atoms with Crippen molar-refractivity contribution in [3.63, 3.8) is 0 Å². The molecule has 0 N–H and O–H groups in total. The summed E-state index contributed by atoms with van der Waals surface area (Å²) in [7, 11) is -3.56. The van der Waals surface area contributed by atoms with Gasteiger partial charge in [0, 0.05) is 25.3 Å². The summed E-state index contributed by atoms with van der Waals surface area (Å²) in [4.78, 5) is 0.357. The van der Waals surface area contributed by atoms with Gasteiger partial charge in [0.25, 0.3) is 0 Å². The highest BCUT2D eigenvalue weighted by molar-refractivity contribution is 7.89. The minimum atomic E-state index is -3.56. The molecule has 1 saturated heterocycles. The van der Waals surface area contributed by atoms with E-state index in [1.54, 1.807) is 12.1 Å². The van der Waals surface area contributed by atoms with Gasteiger partial charge in [0.2, 0.25) is 10.0 Å². The number of ether oxygens (including phenoxy) is 1. The highest BCUT2D eigenvalue weighted by Gasteiger charge is 2.29. The van der Waals surface area contributed by atoms with E-state index in [1.165, 1.54) is 4.31 Å². The Bertz CT molecular complexity index is 768. The zero-order valence-electron chi connectivity index (χ0n) is 13.9. The first-order valence-corrected chi connectivity index (χ1v) is 9.83. The maximum atomic E-state index is 13.2. The van der Waals surface area contributed by atoms with Crippen molar-refractivity contribution in [3.8, 4) is 11.1 Å². The van der Waals surface area contributed by atoms with E-state index in [0.29, 0.717) is 18.0 Å². The third-order valence-corrected chi connectivity index (χ3v) is 6.37. The molecule has 0 aromatic heterocycles. The van der Waals surface area contributed by atoms with Crippen molar-refractivity contribution in [2.24, 2.45) is 0 Å². The van der Waals surface area contributed by atoms with E-state index in [9.17, 15) is 8.42 Å². The molecule has 0 radical (unpaired) electrons. The summed E-state index contributed by atoms with van der Waals surface area (Å²) in [5.41, 5.74) is 1.65. The lowest BCUT2D eigenvalue weighted by Crippen LogP contribution is -2.37. The van der Waals surface area contributed by atoms with E-state index in [1.807, 2.05) is 49.4 Å². The molecule has 0 spiro atoms. The Balaban J connectivity index is 1.97. The normalized spacial score (nSPS) is 18.2. The van der Waals surface area contributed by atoms with Crippen LogP contribution in [0.1, 0.15) is 19.8 Å². The fourth-order valence-corrected chi connectivity index (χ4v) is 4.79. The second-order valence-corrected chi connectivity index (χ2v) is 7.86. The molecule has 0 unspecified atom stereocenters. The Hall–Kier alpha value is -1.69. The van der Waals surface area contributed by atoms with Crippen LogP contribution in [0.15, 0.2) is 59.5 Å². The SMILES string of the molecule is CCN(C[C@H]1CCCO1)S(=O)(=O)c1ccccc1-c1ccccc1. The number of hydrogen-bond donors (Lipinski definition) is 0. The molecule has 1 atom stereocenters. The average molecular weight is 345 g/mol. The molecular formula is C19H23NO3S. The molecule has 0 amide bonds. The molecule has 3 rings (SSSR count). The fraction of sp³-hybridized carbons (Fsp3) is 0.368. The van der Waals surface area contributed by atoms with E-state index in [0.717, 1.165) is 30.6 Å². The summed E-state index contributed by atoms with van der Waals surface area (Å²) >= 11 is 0. The van der Waals surface area contributed by atoms with Gasteiger partial charge in [-0.05, 0) is 24.5 Å². The van der Waals surface area contributed by atoms with Crippen LogP contribution in [0.2, 0.25) is 0 Å². The first kappa shape index (κ1) is 17.1. The van der Waals surface area contributed by atoms with Crippen LogP contribution < -0.4 is 0 Å². The number of sulfonamides is 1. The topological polar surface area (TPSA) is 46.6 Å². The van der Waals surface area contributed by atoms with E-state index < -0.39 is 10.0 Å². The van der Waals surface area contributed by atoms with Crippen LogP contribution in [0.5, 0.6) is 0 Å². The molecule has 5 heteroatoms. The number of nitrogens with zero attached hydrogens (tertiary/aromatic N) is 1. The van der Waals surface area contributed by atoms with Crippen LogP contribution in [-0.4, -0.2) is 38.5 Å². The molecule has 1 fully saturated rings. The summed E-state index contributed by atoms with van der Waals surface area (Å²) in [6.45, 7) is 3.45. The Morgan fingerprint density at radius 1 is 1.08 bits per heavy atom. The largest absolute Gasteiger partial charge is 0.377 e. The van der Waals surface area contributed by atoms with Gasteiger partial charge >= 0.3 is 0 Å². The summed E-state index contributed by atoms with van der Waals surface area (Å²) in [6.07, 6.45) is 1.93. The first-order chi connectivity index (χ1) is 11.6. The molecule has 1 aliphatic rings. The molecule has 24 heavy (non-hydrogen) atoms. The average Bonchev–Trinajstić information content (AvgIpc) is 3.13. The second-order valence-electron chi connectivity index (χ2n) is 5.95. The smallest absolute Gasteiger partial charge is 0.243 e. The summed E-state index contributed by atoms with van der Waals surface area (Å²) in [6, 6.07) is 16.8. The minimum Gasteiger partial charge on any atom is -0.377 e. The zero-order chi connectivity index (χ0) is 17.0. The highest BCUT2D eigenvalue weighted by atomic mass is 32.2. The highest BCUT2D eigenvalue weighted by Crippen LogP contribution is 2.29. The number of hydrogen-bond acceptors (Lipinski definition) is 3. The quantitative estimate of drug-likeness (QED) is 0.804. The van der Waals surface area contributed by atoms with Crippen molar-refractivity contribution in [2.45, 2.75) is 30.8 Å². The Morgan fingerprint density at radius 2 is 1.79 bits per heavy atom. The standard InChI is InChI=1S/C19H23NO3S/c1-2-20(15-17-11-8-14-23-17)24(21,22)19-13-7-6-12-18(19)16-9-4-3-5-10-16/h3-7,9-10,12-13,17H,2,8,11,14-15H2,1H3/t17-/m1/s1. The molecule has 0 saturated carbocycles. The van der Waals surface area contributed by atoms with Gasteiger partial charge in [-0.15, -0.1) is 0 Å². The fourth-order valence-electron chi connectivity index (χ4n) is 3.10. The van der Waals surface area contributed by atoms with Crippen LogP contribution in [-0.2, 0) is 14.8 Å². The van der Waals surface area contributed by atoms with Crippen LogP contribution in [0.4, 0.5) is 0 Å². The van der Waals surface area contributed by atoms with Crippen LogP contribution >= 0.6 is 0 Å². The van der Waals surface area contributed by atoms with Gasteiger partial charge in [-0.25, -0.2) is 8.42 Å². The van der Waals surface area contributed by atoms with Crippen molar-refractivity contribution < 1.29 is 13.2 Å². The van der Waals surface area contributed by atoms with Crippen molar-refractivity contribution >= 4 is 10.0 Å². The molecule has 1 heterocycles. The summed E-state index contributed by atoms with van der Waals surface area (Å²) < 4.78 is 33.6. The summed E-state index contributed by atoms with van der Waals surface area (Å²) in [5.74, 6) is 0. The van der Waals surface area contributed by atoms with Gasteiger partial charge in [0.15, 0.2) is 0 Å². The van der Waals surface area contributed by atoms with Gasteiger partial charge in [0.05, 0.1) is 11.0 Å². The second kappa shape index (κ2) is 7.47. The van der Waals surface area contributed by atoms with Crippen LogP contribution in [0.3, 0.4) is 0 Å². The summed E-state index contributed by atoms with van der Waals surface area (Å²) in [5, 5.41) is 0. The maximum absolute atomic E-state index is 13.2. The lowest BCUT2D eigenvalue weighted by molar-refractivity contribution is 0.0947. The zero-order valence-corrected chi connectivity index (χ0v) is 14.7. The van der Waals surface area contributed by atoms with Gasteiger partial charge in [0.1, 0.15) is 0 Å². The van der Waals surface area contributed by atoms with Gasteiger partial charge < -0.3 is 4.74 Å². The van der Waals surface area contributed by atoms with E-state index in [2.05, 4.69) is 0 Å². The molecular weight excluding hydrogens is 322 g/mol. The van der Waals surface area contributed by atoms with Gasteiger partial charge in [-0.3, -0.25) is 0 Å². The van der Waals surface area contributed by atoms with E-state index in [-0.39, 0.29) is 6.10 Å². The molecule has 2 aromatic rings. The van der Waals surface area contributed by atoms with Crippen LogP contribution in [0.25, 0.3) is 11.1 Å². The van der Waals surface area contributed by atoms with Crippen molar-refractivity contribution in [2.75, 3.05) is 19.7 Å². The van der Waals surface area contributed by atoms with Crippen LogP contribution in [0, 0.1) is 0 Å². The van der Waals surface area contributed by atoms with Gasteiger partial charge in [-0.1, -0.05) is 55.5 Å². The molecule has 128 valence electrons. The van der Waals surface area contributed by atoms with Crippen molar-refractivity contribution in [3.05, 3.63) is 54.6 Å². The maximum Gasteiger partial charge on any atom is 0.243 e. The Kier molecular flexibility index (Phi) is 5.33. The Morgan fingerprint density at radius 3 is 2.46 bits per heavy atom. The Labute approximate surface area is 144 Å². The monoisotopic (exact) mass is 345 g/mol. The van der Waals surface area contributed by atoms with E-state index in [4.69, 9.17) is 4.74 Å². The first-order valence-electron chi connectivity index (χ1n) is 8.39.